The monoisotopic (exact) mass is 440 g/mol. The lowest BCUT2D eigenvalue weighted by molar-refractivity contribution is -0.140. The summed E-state index contributed by atoms with van der Waals surface area (Å²) in [4.78, 5) is 29.3. The van der Waals surface area contributed by atoms with Gasteiger partial charge in [0.1, 0.15) is 11.5 Å². The van der Waals surface area contributed by atoms with Gasteiger partial charge in [-0.05, 0) is 50.8 Å². The van der Waals surface area contributed by atoms with Crippen LogP contribution in [0.15, 0.2) is 48.0 Å². The second kappa shape index (κ2) is 9.74. The van der Waals surface area contributed by atoms with Crippen LogP contribution in [0.25, 0.3) is 5.76 Å². The van der Waals surface area contributed by atoms with Crippen LogP contribution in [0, 0.1) is 0 Å². The number of aliphatic hydroxyl groups excluding tert-OH is 1. The molecule has 1 saturated heterocycles. The molecule has 1 aliphatic rings. The maximum atomic E-state index is 13.0. The lowest BCUT2D eigenvalue weighted by Crippen LogP contribution is -2.35. The molecular formula is C24H28N2O6. The summed E-state index contributed by atoms with van der Waals surface area (Å²) in [5, 5.41) is 21.4. The van der Waals surface area contributed by atoms with Gasteiger partial charge in [-0.25, -0.2) is 0 Å². The van der Waals surface area contributed by atoms with Crippen molar-refractivity contribution in [1.29, 1.82) is 0 Å². The molecule has 0 saturated carbocycles. The Labute approximate surface area is 187 Å². The van der Waals surface area contributed by atoms with Crippen LogP contribution < -0.4 is 9.47 Å². The number of methoxy groups -OCH3 is 1. The molecule has 0 radical (unpaired) electrons. The molecule has 2 aromatic carbocycles. The first-order valence-corrected chi connectivity index (χ1v) is 10.3. The van der Waals surface area contributed by atoms with E-state index in [4.69, 9.17) is 9.47 Å². The molecule has 2 N–H and O–H groups in total. The van der Waals surface area contributed by atoms with Gasteiger partial charge in [-0.3, -0.25) is 9.59 Å². The van der Waals surface area contributed by atoms with Gasteiger partial charge in [0, 0.05) is 18.7 Å². The molecule has 0 spiro atoms. The molecule has 0 bridgehead atoms. The number of phenols is 1. The number of amides is 1. The van der Waals surface area contributed by atoms with Crippen LogP contribution in [0.2, 0.25) is 0 Å². The highest BCUT2D eigenvalue weighted by Crippen LogP contribution is 2.41. The standard InChI is InChI=1S/C24H28N2O6/c1-5-32-17-8-6-7-16(13-17)22(28)20-21(15-9-10-19(31-4)18(27)14-15)26(12-11-25(2)3)24(30)23(20)29/h6-10,13-14,21,27-28H,5,11-12H2,1-4H3/b22-20-. The molecular weight excluding hydrogens is 412 g/mol. The normalized spacial score (nSPS) is 17.8. The van der Waals surface area contributed by atoms with Crippen LogP contribution in [0.1, 0.15) is 24.1 Å². The van der Waals surface area contributed by atoms with Gasteiger partial charge in [0.2, 0.25) is 0 Å². The molecule has 32 heavy (non-hydrogen) atoms. The van der Waals surface area contributed by atoms with Crippen LogP contribution in [0.3, 0.4) is 0 Å². The zero-order valence-corrected chi connectivity index (χ0v) is 18.7. The molecule has 8 nitrogen and oxygen atoms in total. The number of hydrogen-bond acceptors (Lipinski definition) is 7. The zero-order chi connectivity index (χ0) is 23.4. The molecule has 0 aliphatic carbocycles. The van der Waals surface area contributed by atoms with Crippen molar-refractivity contribution in [3.8, 4) is 17.2 Å². The van der Waals surface area contributed by atoms with Gasteiger partial charge in [-0.1, -0.05) is 18.2 Å². The van der Waals surface area contributed by atoms with Gasteiger partial charge in [0.25, 0.3) is 11.7 Å². The van der Waals surface area contributed by atoms with Crippen LogP contribution >= 0.6 is 0 Å². The molecule has 3 rings (SSSR count). The predicted octanol–water partition coefficient (Wildman–Crippen LogP) is 2.78. The van der Waals surface area contributed by atoms with Gasteiger partial charge in [0.05, 0.1) is 25.3 Å². The Kier molecular flexibility index (Phi) is 7.05. The summed E-state index contributed by atoms with van der Waals surface area (Å²) in [5.74, 6) is -1.09. The Balaban J connectivity index is 2.16. The molecule has 1 atom stereocenters. The number of aromatic hydroxyl groups is 1. The smallest absolute Gasteiger partial charge is 0.295 e. The number of carbonyl (C=O) groups excluding carboxylic acids is 2. The third-order valence-electron chi connectivity index (χ3n) is 5.27. The van der Waals surface area contributed by atoms with E-state index >= 15 is 0 Å². The number of nitrogens with zero attached hydrogens (tertiary/aromatic N) is 2. The minimum Gasteiger partial charge on any atom is -0.507 e. The highest BCUT2D eigenvalue weighted by molar-refractivity contribution is 6.46. The van der Waals surface area contributed by atoms with Gasteiger partial charge in [-0.15, -0.1) is 0 Å². The fourth-order valence-electron chi connectivity index (χ4n) is 3.70. The maximum Gasteiger partial charge on any atom is 0.295 e. The molecule has 1 unspecified atom stereocenters. The highest BCUT2D eigenvalue weighted by atomic mass is 16.5. The van der Waals surface area contributed by atoms with Gasteiger partial charge in [0.15, 0.2) is 11.5 Å². The average molecular weight is 440 g/mol. The third-order valence-corrected chi connectivity index (χ3v) is 5.27. The summed E-state index contributed by atoms with van der Waals surface area (Å²) >= 11 is 0. The Morgan fingerprint density at radius 3 is 2.53 bits per heavy atom. The number of carbonyl (C=O) groups is 2. The van der Waals surface area contributed by atoms with Crippen molar-refractivity contribution in [3.63, 3.8) is 0 Å². The first-order valence-electron chi connectivity index (χ1n) is 10.3. The Bertz CT molecular complexity index is 1050. The first-order chi connectivity index (χ1) is 15.3. The lowest BCUT2D eigenvalue weighted by Gasteiger charge is -2.27. The Morgan fingerprint density at radius 1 is 1.16 bits per heavy atom. The van der Waals surface area contributed by atoms with Crippen LogP contribution in [-0.4, -0.2) is 72.6 Å². The molecule has 2 aromatic rings. The van der Waals surface area contributed by atoms with Crippen molar-refractivity contribution in [2.75, 3.05) is 40.9 Å². The van der Waals surface area contributed by atoms with E-state index in [2.05, 4.69) is 0 Å². The molecule has 1 heterocycles. The molecule has 0 aromatic heterocycles. The van der Waals surface area contributed by atoms with E-state index in [1.807, 2.05) is 25.9 Å². The SMILES string of the molecule is CCOc1cccc(/C(O)=C2/C(=O)C(=O)N(CCN(C)C)C2c2ccc(OC)c(O)c2)c1. The number of phenolic OH excluding ortho intramolecular Hbond substituents is 1. The summed E-state index contributed by atoms with van der Waals surface area (Å²) in [6.45, 7) is 3.08. The third kappa shape index (κ3) is 4.55. The van der Waals surface area contributed by atoms with E-state index in [1.165, 1.54) is 18.1 Å². The highest BCUT2D eigenvalue weighted by Gasteiger charge is 2.46. The summed E-state index contributed by atoms with van der Waals surface area (Å²) < 4.78 is 10.6. The number of hydrogen-bond donors (Lipinski definition) is 2. The lowest BCUT2D eigenvalue weighted by atomic mass is 9.95. The Hall–Kier alpha value is -3.52. The van der Waals surface area contributed by atoms with Crippen LogP contribution in [0.4, 0.5) is 0 Å². The van der Waals surface area contributed by atoms with Gasteiger partial charge in [-0.2, -0.15) is 0 Å². The van der Waals surface area contributed by atoms with Crippen molar-refractivity contribution in [2.45, 2.75) is 13.0 Å². The van der Waals surface area contributed by atoms with Crippen molar-refractivity contribution in [2.24, 2.45) is 0 Å². The summed E-state index contributed by atoms with van der Waals surface area (Å²) in [7, 11) is 5.16. The number of aliphatic hydroxyl groups is 1. The number of ketones is 1. The van der Waals surface area contributed by atoms with Crippen LogP contribution in [-0.2, 0) is 9.59 Å². The second-order valence-corrected chi connectivity index (χ2v) is 7.69. The zero-order valence-electron chi connectivity index (χ0n) is 18.7. The topological polar surface area (TPSA) is 99.5 Å². The van der Waals surface area contributed by atoms with E-state index in [-0.39, 0.29) is 29.4 Å². The average Bonchev–Trinajstić information content (AvgIpc) is 3.02. The van der Waals surface area contributed by atoms with Gasteiger partial charge >= 0.3 is 0 Å². The first kappa shape index (κ1) is 23.1. The number of likely N-dealkylation sites (N-methyl/N-ethyl adjacent to an activating group) is 1. The molecule has 1 amide bonds. The minimum atomic E-state index is -0.859. The van der Waals surface area contributed by atoms with Crippen molar-refractivity contribution < 1.29 is 29.3 Å². The van der Waals surface area contributed by atoms with E-state index in [9.17, 15) is 19.8 Å². The summed E-state index contributed by atoms with van der Waals surface area (Å²) in [6.07, 6.45) is 0. The van der Waals surface area contributed by atoms with E-state index in [1.54, 1.807) is 36.4 Å². The number of rotatable bonds is 8. The van der Waals surface area contributed by atoms with E-state index < -0.39 is 17.7 Å². The van der Waals surface area contributed by atoms with Crippen molar-refractivity contribution in [1.82, 2.24) is 9.80 Å². The van der Waals surface area contributed by atoms with Crippen molar-refractivity contribution in [3.05, 3.63) is 59.2 Å². The summed E-state index contributed by atoms with van der Waals surface area (Å²) in [5.41, 5.74) is 0.819. The second-order valence-electron chi connectivity index (χ2n) is 7.69. The molecule has 1 fully saturated rings. The predicted molar refractivity (Wildman–Crippen MR) is 120 cm³/mol. The quantitative estimate of drug-likeness (QED) is 0.370. The van der Waals surface area contributed by atoms with E-state index in [0.29, 0.717) is 30.0 Å². The maximum absolute atomic E-state index is 13.0. The molecule has 8 heteroatoms. The molecule has 1 aliphatic heterocycles. The fraction of sp³-hybridized carbons (Fsp3) is 0.333. The minimum absolute atomic E-state index is 0.0352. The van der Waals surface area contributed by atoms with E-state index in [0.717, 1.165) is 0 Å². The van der Waals surface area contributed by atoms with Gasteiger partial charge < -0.3 is 29.5 Å². The number of ether oxygens (including phenoxy) is 2. The molecule has 170 valence electrons. The van der Waals surface area contributed by atoms with Crippen LogP contribution in [0.5, 0.6) is 17.2 Å². The van der Waals surface area contributed by atoms with Crippen molar-refractivity contribution >= 4 is 17.4 Å². The number of Topliss-reactive ketones (excluding diaryl/α,β-unsaturated/α-hetero) is 1. The summed E-state index contributed by atoms with van der Waals surface area (Å²) in [6, 6.07) is 10.5. The largest absolute Gasteiger partial charge is 0.507 e. The number of likely N-dealkylation sites (tertiary alicyclic amines) is 1. The Morgan fingerprint density at radius 2 is 1.91 bits per heavy atom. The number of benzene rings is 2. The fourth-order valence-corrected chi connectivity index (χ4v) is 3.70.